The first kappa shape index (κ1) is 23.1. The van der Waals surface area contributed by atoms with Gasteiger partial charge in [-0.25, -0.2) is 5.43 Å². The zero-order chi connectivity index (χ0) is 22.1. The largest absolute Gasteiger partial charge is 0.483 e. The number of carbonyl (C=O) groups is 3. The highest BCUT2D eigenvalue weighted by Gasteiger charge is 2.13. The van der Waals surface area contributed by atoms with Gasteiger partial charge in [-0.15, -0.1) is 0 Å². The molecule has 0 fully saturated rings. The van der Waals surface area contributed by atoms with E-state index in [4.69, 9.17) is 4.74 Å². The van der Waals surface area contributed by atoms with Crippen LogP contribution >= 0.6 is 15.9 Å². The minimum absolute atomic E-state index is 0.158. The number of aryl methyl sites for hydroxylation is 1. The van der Waals surface area contributed by atoms with Crippen molar-refractivity contribution < 1.29 is 19.1 Å². The molecule has 8 nitrogen and oxygen atoms in total. The molecule has 0 heterocycles. The van der Waals surface area contributed by atoms with Crippen molar-refractivity contribution in [3.63, 3.8) is 0 Å². The number of hydrazone groups is 1. The van der Waals surface area contributed by atoms with E-state index >= 15 is 0 Å². The van der Waals surface area contributed by atoms with Gasteiger partial charge in [0, 0.05) is 21.8 Å². The summed E-state index contributed by atoms with van der Waals surface area (Å²) in [6, 6.07) is 12.2. The molecule has 0 aromatic heterocycles. The number of amides is 3. The van der Waals surface area contributed by atoms with Crippen molar-refractivity contribution >= 4 is 45.6 Å². The number of nitrogens with zero attached hydrogens (tertiary/aromatic N) is 1. The molecular formula is C21H23BrN4O4. The first-order chi connectivity index (χ1) is 14.3. The van der Waals surface area contributed by atoms with E-state index in [0.717, 1.165) is 10.0 Å². The van der Waals surface area contributed by atoms with E-state index in [1.54, 1.807) is 44.2 Å². The van der Waals surface area contributed by atoms with E-state index in [9.17, 15) is 14.4 Å². The quantitative estimate of drug-likeness (QED) is 0.325. The number of anilines is 1. The van der Waals surface area contributed by atoms with Gasteiger partial charge in [-0.1, -0.05) is 28.1 Å². The van der Waals surface area contributed by atoms with Crippen LogP contribution in [-0.4, -0.2) is 36.6 Å². The van der Waals surface area contributed by atoms with Gasteiger partial charge in [-0.3, -0.25) is 14.4 Å². The molecule has 0 radical (unpaired) electrons. The Balaban J connectivity index is 1.93. The third-order valence-corrected chi connectivity index (χ3v) is 4.60. The summed E-state index contributed by atoms with van der Waals surface area (Å²) in [7, 11) is 0. The van der Waals surface area contributed by atoms with Crippen molar-refractivity contribution in [2.45, 2.75) is 26.8 Å². The van der Waals surface area contributed by atoms with Gasteiger partial charge in [0.1, 0.15) is 5.75 Å². The maximum Gasteiger partial charge on any atom is 0.329 e. The summed E-state index contributed by atoms with van der Waals surface area (Å²) in [5.41, 5.74) is 4.35. The number of nitrogens with one attached hydrogen (secondary N) is 3. The fourth-order valence-electron chi connectivity index (χ4n) is 2.32. The van der Waals surface area contributed by atoms with Gasteiger partial charge < -0.3 is 15.4 Å². The van der Waals surface area contributed by atoms with Crippen LogP contribution in [0.2, 0.25) is 0 Å². The smallest absolute Gasteiger partial charge is 0.329 e. The van der Waals surface area contributed by atoms with Crippen LogP contribution in [0.1, 0.15) is 25.0 Å². The van der Waals surface area contributed by atoms with E-state index in [0.29, 0.717) is 17.0 Å². The molecule has 30 heavy (non-hydrogen) atoms. The number of halogens is 1. The lowest BCUT2D eigenvalue weighted by Crippen LogP contribution is -2.41. The number of carbonyl (C=O) groups excluding carboxylic acids is 3. The summed E-state index contributed by atoms with van der Waals surface area (Å²) in [4.78, 5) is 35.4. The van der Waals surface area contributed by atoms with Gasteiger partial charge in [0.05, 0.1) is 6.21 Å². The van der Waals surface area contributed by atoms with Gasteiger partial charge >= 0.3 is 11.8 Å². The standard InChI is InChI=1S/C21H23BrN4O4/c1-13(2)24-20(28)21(29)26-23-11-15-6-4-5-7-18(15)30-12-19(27)25-16-8-9-17(22)14(3)10-16/h4-11,13H,12H2,1-3H3,(H,24,28)(H,25,27)(H,26,29)/b23-11-. The highest BCUT2D eigenvalue weighted by molar-refractivity contribution is 9.10. The minimum atomic E-state index is -0.873. The van der Waals surface area contributed by atoms with Crippen LogP contribution in [0.3, 0.4) is 0 Å². The average molecular weight is 475 g/mol. The Kier molecular flexibility index (Phi) is 8.54. The molecule has 2 rings (SSSR count). The predicted molar refractivity (Wildman–Crippen MR) is 118 cm³/mol. The van der Waals surface area contributed by atoms with E-state index in [2.05, 4.69) is 37.1 Å². The first-order valence-corrected chi connectivity index (χ1v) is 9.97. The Labute approximate surface area is 183 Å². The van der Waals surface area contributed by atoms with Crippen LogP contribution in [0.15, 0.2) is 52.0 Å². The van der Waals surface area contributed by atoms with Crippen molar-refractivity contribution in [2.24, 2.45) is 5.10 Å². The Morgan fingerprint density at radius 3 is 2.57 bits per heavy atom. The molecule has 2 aromatic carbocycles. The SMILES string of the molecule is Cc1cc(NC(=O)COc2ccccc2/C=N\NC(=O)C(=O)NC(C)C)ccc1Br. The second-order valence-electron chi connectivity index (χ2n) is 6.67. The molecule has 0 saturated carbocycles. The molecule has 3 N–H and O–H groups in total. The zero-order valence-electron chi connectivity index (χ0n) is 16.9. The lowest BCUT2D eigenvalue weighted by atomic mass is 10.2. The predicted octanol–water partition coefficient (Wildman–Crippen LogP) is 2.75. The fraction of sp³-hybridized carbons (Fsp3) is 0.238. The maximum atomic E-state index is 12.2. The molecule has 0 atom stereocenters. The Morgan fingerprint density at radius 2 is 1.87 bits per heavy atom. The maximum absolute atomic E-state index is 12.2. The van der Waals surface area contributed by atoms with Crippen molar-refractivity contribution in [3.05, 3.63) is 58.1 Å². The molecule has 0 bridgehead atoms. The molecule has 0 aliphatic heterocycles. The summed E-state index contributed by atoms with van der Waals surface area (Å²) in [5, 5.41) is 9.00. The van der Waals surface area contributed by atoms with E-state index in [-0.39, 0.29) is 18.6 Å². The van der Waals surface area contributed by atoms with Crippen LogP contribution in [0.4, 0.5) is 5.69 Å². The van der Waals surface area contributed by atoms with Crippen LogP contribution in [-0.2, 0) is 14.4 Å². The number of para-hydroxylation sites is 1. The van der Waals surface area contributed by atoms with Gasteiger partial charge in [-0.2, -0.15) is 5.10 Å². The number of ether oxygens (including phenoxy) is 1. The van der Waals surface area contributed by atoms with Crippen LogP contribution in [0.25, 0.3) is 0 Å². The van der Waals surface area contributed by atoms with Crippen LogP contribution in [0.5, 0.6) is 5.75 Å². The molecule has 3 amide bonds. The normalized spacial score (nSPS) is 10.7. The molecule has 0 spiro atoms. The van der Waals surface area contributed by atoms with E-state index in [1.165, 1.54) is 6.21 Å². The van der Waals surface area contributed by atoms with E-state index < -0.39 is 11.8 Å². The zero-order valence-corrected chi connectivity index (χ0v) is 18.4. The molecular weight excluding hydrogens is 452 g/mol. The average Bonchev–Trinajstić information content (AvgIpc) is 2.69. The second kappa shape index (κ2) is 11.1. The Hall–Kier alpha value is -3.20. The number of rotatable bonds is 7. The molecule has 0 saturated heterocycles. The Bertz CT molecular complexity index is 960. The summed E-state index contributed by atoms with van der Waals surface area (Å²) in [6.45, 7) is 5.21. The van der Waals surface area contributed by atoms with Crippen molar-refractivity contribution in [1.82, 2.24) is 10.7 Å². The molecule has 2 aromatic rings. The van der Waals surface area contributed by atoms with Gasteiger partial charge in [-0.05, 0) is 56.7 Å². The van der Waals surface area contributed by atoms with Crippen LogP contribution < -0.4 is 20.8 Å². The highest BCUT2D eigenvalue weighted by Crippen LogP contribution is 2.20. The highest BCUT2D eigenvalue weighted by atomic mass is 79.9. The van der Waals surface area contributed by atoms with E-state index in [1.807, 2.05) is 19.1 Å². The Morgan fingerprint density at radius 1 is 1.13 bits per heavy atom. The van der Waals surface area contributed by atoms with Gasteiger partial charge in [0.15, 0.2) is 6.61 Å². The fourth-order valence-corrected chi connectivity index (χ4v) is 2.57. The monoisotopic (exact) mass is 474 g/mol. The summed E-state index contributed by atoms with van der Waals surface area (Å²) in [5.74, 6) is -1.56. The van der Waals surface area contributed by atoms with Gasteiger partial charge in [0.25, 0.3) is 5.91 Å². The third-order valence-electron chi connectivity index (χ3n) is 3.72. The van der Waals surface area contributed by atoms with Crippen molar-refractivity contribution in [3.8, 4) is 5.75 Å². The second-order valence-corrected chi connectivity index (χ2v) is 7.52. The summed E-state index contributed by atoms with van der Waals surface area (Å²) >= 11 is 3.41. The molecule has 9 heteroatoms. The van der Waals surface area contributed by atoms with Crippen LogP contribution in [0, 0.1) is 6.92 Å². The number of hydrogen-bond donors (Lipinski definition) is 3. The molecule has 0 unspecified atom stereocenters. The van der Waals surface area contributed by atoms with Crippen molar-refractivity contribution in [1.29, 1.82) is 0 Å². The first-order valence-electron chi connectivity index (χ1n) is 9.18. The lowest BCUT2D eigenvalue weighted by Gasteiger charge is -2.10. The lowest BCUT2D eigenvalue weighted by molar-refractivity contribution is -0.139. The summed E-state index contributed by atoms with van der Waals surface area (Å²) in [6.07, 6.45) is 1.34. The topological polar surface area (TPSA) is 109 Å². The molecule has 158 valence electrons. The van der Waals surface area contributed by atoms with Crippen molar-refractivity contribution in [2.75, 3.05) is 11.9 Å². The molecule has 0 aliphatic rings. The third kappa shape index (κ3) is 7.32. The number of benzene rings is 2. The summed E-state index contributed by atoms with van der Waals surface area (Å²) < 4.78 is 6.54. The molecule has 0 aliphatic carbocycles. The number of hydrogen-bond acceptors (Lipinski definition) is 5. The van der Waals surface area contributed by atoms with Gasteiger partial charge in [0.2, 0.25) is 0 Å². The minimum Gasteiger partial charge on any atom is -0.483 e.